The first-order chi connectivity index (χ1) is 5.14. The molecule has 0 aromatic heterocycles. The minimum absolute atomic E-state index is 0.608. The van der Waals surface area contributed by atoms with Crippen LogP contribution in [0.2, 0.25) is 0 Å². The van der Waals surface area contributed by atoms with Crippen LogP contribution in [0.25, 0.3) is 0 Å². The Morgan fingerprint density at radius 1 is 1.27 bits per heavy atom. The SMILES string of the molecule is CC1(C)CCC(/C=C/Br)CC1. The summed E-state index contributed by atoms with van der Waals surface area (Å²) in [5.74, 6) is 0.836. The van der Waals surface area contributed by atoms with Gasteiger partial charge in [-0.25, -0.2) is 0 Å². The zero-order valence-electron chi connectivity index (χ0n) is 7.44. The van der Waals surface area contributed by atoms with E-state index in [0.29, 0.717) is 5.41 Å². The van der Waals surface area contributed by atoms with Crippen molar-refractivity contribution in [2.75, 3.05) is 0 Å². The predicted octanol–water partition coefficient (Wildman–Crippen LogP) is 4.11. The first-order valence-corrected chi connectivity index (χ1v) is 5.32. The van der Waals surface area contributed by atoms with Crippen LogP contribution in [0.4, 0.5) is 0 Å². The zero-order chi connectivity index (χ0) is 8.32. The maximum atomic E-state index is 3.33. The molecule has 0 radical (unpaired) electrons. The van der Waals surface area contributed by atoms with Gasteiger partial charge >= 0.3 is 0 Å². The van der Waals surface area contributed by atoms with Crippen molar-refractivity contribution in [3.8, 4) is 0 Å². The Morgan fingerprint density at radius 2 is 1.82 bits per heavy atom. The molecule has 1 rings (SSSR count). The van der Waals surface area contributed by atoms with E-state index in [4.69, 9.17) is 0 Å². The Bertz CT molecular complexity index is 137. The van der Waals surface area contributed by atoms with Crippen LogP contribution in [0.15, 0.2) is 11.1 Å². The highest BCUT2D eigenvalue weighted by atomic mass is 79.9. The van der Waals surface area contributed by atoms with Gasteiger partial charge in [0.2, 0.25) is 0 Å². The molecule has 0 aromatic rings. The van der Waals surface area contributed by atoms with E-state index in [1.807, 2.05) is 4.99 Å². The molecule has 0 unspecified atom stereocenters. The highest BCUT2D eigenvalue weighted by molar-refractivity contribution is 9.11. The molecule has 0 spiro atoms. The third-order valence-corrected chi connectivity index (χ3v) is 3.03. The van der Waals surface area contributed by atoms with E-state index >= 15 is 0 Å². The Kier molecular flexibility index (Phi) is 3.17. The molecule has 11 heavy (non-hydrogen) atoms. The normalized spacial score (nSPS) is 26.1. The van der Waals surface area contributed by atoms with Crippen LogP contribution in [-0.2, 0) is 0 Å². The fraction of sp³-hybridized carbons (Fsp3) is 0.800. The van der Waals surface area contributed by atoms with Crippen LogP contribution in [0.1, 0.15) is 39.5 Å². The van der Waals surface area contributed by atoms with Crippen LogP contribution in [0.5, 0.6) is 0 Å². The molecule has 0 bridgehead atoms. The molecule has 0 nitrogen and oxygen atoms in total. The minimum Gasteiger partial charge on any atom is -0.0745 e. The van der Waals surface area contributed by atoms with Gasteiger partial charge < -0.3 is 0 Å². The van der Waals surface area contributed by atoms with Crippen molar-refractivity contribution in [1.29, 1.82) is 0 Å². The van der Waals surface area contributed by atoms with E-state index in [-0.39, 0.29) is 0 Å². The van der Waals surface area contributed by atoms with Crippen LogP contribution in [0.3, 0.4) is 0 Å². The van der Waals surface area contributed by atoms with Crippen molar-refractivity contribution in [3.63, 3.8) is 0 Å². The lowest BCUT2D eigenvalue weighted by molar-refractivity contribution is 0.214. The summed E-state index contributed by atoms with van der Waals surface area (Å²) >= 11 is 3.33. The highest BCUT2D eigenvalue weighted by Crippen LogP contribution is 2.38. The second-order valence-corrected chi connectivity index (χ2v) is 4.85. The van der Waals surface area contributed by atoms with Gasteiger partial charge in [0, 0.05) is 0 Å². The van der Waals surface area contributed by atoms with Gasteiger partial charge in [-0.15, -0.1) is 0 Å². The summed E-state index contributed by atoms with van der Waals surface area (Å²) < 4.78 is 0. The molecule has 0 saturated heterocycles. The molecule has 64 valence electrons. The monoisotopic (exact) mass is 216 g/mol. The zero-order valence-corrected chi connectivity index (χ0v) is 9.02. The first kappa shape index (κ1) is 9.31. The standard InChI is InChI=1S/C10H17Br/c1-10(2)6-3-9(4-7-10)5-8-11/h5,8-9H,3-4,6-7H2,1-2H3/b8-5+. The largest absolute Gasteiger partial charge is 0.0745 e. The van der Waals surface area contributed by atoms with E-state index in [2.05, 4.69) is 35.9 Å². The van der Waals surface area contributed by atoms with Crippen molar-refractivity contribution in [2.45, 2.75) is 39.5 Å². The summed E-state index contributed by atoms with van der Waals surface area (Å²) in [6.07, 6.45) is 7.80. The lowest BCUT2D eigenvalue weighted by Gasteiger charge is -2.32. The molecular weight excluding hydrogens is 200 g/mol. The average molecular weight is 217 g/mol. The van der Waals surface area contributed by atoms with Gasteiger partial charge in [0.15, 0.2) is 0 Å². The molecule has 0 amide bonds. The molecule has 0 atom stereocenters. The molecular formula is C10H17Br. The summed E-state index contributed by atoms with van der Waals surface area (Å²) in [5, 5.41) is 0. The van der Waals surface area contributed by atoms with Crippen LogP contribution >= 0.6 is 15.9 Å². The van der Waals surface area contributed by atoms with Gasteiger partial charge in [-0.3, -0.25) is 0 Å². The molecule has 1 heteroatoms. The van der Waals surface area contributed by atoms with Gasteiger partial charge in [-0.2, -0.15) is 0 Å². The minimum atomic E-state index is 0.608. The van der Waals surface area contributed by atoms with Crippen molar-refractivity contribution in [3.05, 3.63) is 11.1 Å². The van der Waals surface area contributed by atoms with Crippen LogP contribution in [-0.4, -0.2) is 0 Å². The van der Waals surface area contributed by atoms with Gasteiger partial charge in [0.05, 0.1) is 0 Å². The van der Waals surface area contributed by atoms with Gasteiger partial charge in [0.25, 0.3) is 0 Å². The third-order valence-electron chi connectivity index (χ3n) is 2.73. The fourth-order valence-electron chi connectivity index (χ4n) is 1.72. The topological polar surface area (TPSA) is 0 Å². The molecule has 0 N–H and O–H groups in total. The van der Waals surface area contributed by atoms with E-state index < -0.39 is 0 Å². The maximum Gasteiger partial charge on any atom is -0.0225 e. The summed E-state index contributed by atoms with van der Waals surface area (Å²) in [4.78, 5) is 2.01. The van der Waals surface area contributed by atoms with Gasteiger partial charge in [0.1, 0.15) is 0 Å². The number of hydrogen-bond acceptors (Lipinski definition) is 0. The molecule has 1 fully saturated rings. The predicted molar refractivity (Wildman–Crippen MR) is 53.8 cm³/mol. The third kappa shape index (κ3) is 2.98. The Morgan fingerprint density at radius 3 is 2.27 bits per heavy atom. The Labute approximate surface area is 78.2 Å². The smallest absolute Gasteiger partial charge is 0.0225 e. The lowest BCUT2D eigenvalue weighted by Crippen LogP contribution is -2.19. The highest BCUT2D eigenvalue weighted by Gasteiger charge is 2.25. The average Bonchev–Trinajstić information content (AvgIpc) is 1.94. The van der Waals surface area contributed by atoms with Crippen LogP contribution < -0.4 is 0 Å². The number of allylic oxidation sites excluding steroid dienone is 1. The molecule has 1 saturated carbocycles. The molecule has 0 heterocycles. The number of halogens is 1. The summed E-state index contributed by atoms with van der Waals surface area (Å²) in [7, 11) is 0. The molecule has 1 aliphatic carbocycles. The van der Waals surface area contributed by atoms with Crippen LogP contribution in [0, 0.1) is 11.3 Å². The van der Waals surface area contributed by atoms with E-state index in [0.717, 1.165) is 5.92 Å². The molecule has 0 aliphatic heterocycles. The van der Waals surface area contributed by atoms with Crippen molar-refractivity contribution in [2.24, 2.45) is 11.3 Å². The van der Waals surface area contributed by atoms with E-state index in [9.17, 15) is 0 Å². The lowest BCUT2D eigenvalue weighted by atomic mass is 9.73. The number of hydrogen-bond donors (Lipinski definition) is 0. The van der Waals surface area contributed by atoms with Crippen molar-refractivity contribution >= 4 is 15.9 Å². The summed E-state index contributed by atoms with van der Waals surface area (Å²) in [6.45, 7) is 4.75. The summed E-state index contributed by atoms with van der Waals surface area (Å²) in [6, 6.07) is 0. The number of rotatable bonds is 1. The van der Waals surface area contributed by atoms with Gasteiger partial charge in [-0.05, 0) is 42.0 Å². The first-order valence-electron chi connectivity index (χ1n) is 4.41. The quantitative estimate of drug-likeness (QED) is 0.620. The maximum absolute atomic E-state index is 3.33. The fourth-order valence-corrected chi connectivity index (χ4v) is 2.15. The van der Waals surface area contributed by atoms with Crippen molar-refractivity contribution < 1.29 is 0 Å². The Balaban J connectivity index is 2.36. The molecule has 1 aliphatic rings. The van der Waals surface area contributed by atoms with Crippen molar-refractivity contribution in [1.82, 2.24) is 0 Å². The second kappa shape index (κ2) is 3.75. The molecule has 0 aromatic carbocycles. The van der Waals surface area contributed by atoms with E-state index in [1.54, 1.807) is 0 Å². The van der Waals surface area contributed by atoms with E-state index in [1.165, 1.54) is 25.7 Å². The van der Waals surface area contributed by atoms with Gasteiger partial charge in [-0.1, -0.05) is 35.9 Å². The second-order valence-electron chi connectivity index (χ2n) is 4.32. The Hall–Kier alpha value is 0.220. The summed E-state index contributed by atoms with van der Waals surface area (Å²) in [5.41, 5.74) is 0.608.